The molecule has 1 aromatic heterocycles. The van der Waals surface area contributed by atoms with Gasteiger partial charge in [0.2, 0.25) is 0 Å². The van der Waals surface area contributed by atoms with Gasteiger partial charge in [-0.05, 0) is 42.0 Å². The van der Waals surface area contributed by atoms with Crippen molar-refractivity contribution >= 4 is 28.5 Å². The van der Waals surface area contributed by atoms with Gasteiger partial charge in [0.05, 0.1) is 11.6 Å². The fourth-order valence-electron chi connectivity index (χ4n) is 3.33. The molecular weight excluding hydrogens is 362 g/mol. The molecule has 2 aromatic carbocycles. The highest BCUT2D eigenvalue weighted by molar-refractivity contribution is 6.31. The molecule has 2 heterocycles. The number of nitriles is 1. The van der Waals surface area contributed by atoms with E-state index in [0.717, 1.165) is 25.0 Å². The van der Waals surface area contributed by atoms with E-state index in [4.69, 9.17) is 21.3 Å². The van der Waals surface area contributed by atoms with Crippen molar-refractivity contribution in [2.75, 3.05) is 26.2 Å². The monoisotopic (exact) mass is 379 g/mol. The van der Waals surface area contributed by atoms with Crippen molar-refractivity contribution in [3.8, 4) is 6.07 Å². The minimum atomic E-state index is -0.0830. The Labute approximate surface area is 162 Å². The predicted molar refractivity (Wildman–Crippen MR) is 104 cm³/mol. The lowest BCUT2D eigenvalue weighted by atomic mass is 10.1. The van der Waals surface area contributed by atoms with Crippen molar-refractivity contribution in [1.29, 1.82) is 5.26 Å². The van der Waals surface area contributed by atoms with Crippen molar-refractivity contribution in [2.45, 2.75) is 6.54 Å². The van der Waals surface area contributed by atoms with Crippen LogP contribution < -0.4 is 0 Å². The van der Waals surface area contributed by atoms with E-state index in [1.807, 2.05) is 29.2 Å². The average molecular weight is 380 g/mol. The zero-order valence-electron chi connectivity index (χ0n) is 14.7. The molecule has 0 atom stereocenters. The summed E-state index contributed by atoms with van der Waals surface area (Å²) in [5.74, 6) is 0.271. The van der Waals surface area contributed by atoms with Gasteiger partial charge in [0.25, 0.3) is 5.91 Å². The largest absolute Gasteiger partial charge is 0.451 e. The third kappa shape index (κ3) is 3.82. The Bertz CT molecular complexity index is 1010. The smallest absolute Gasteiger partial charge is 0.289 e. The average Bonchev–Trinajstić information content (AvgIpc) is 3.12. The maximum Gasteiger partial charge on any atom is 0.289 e. The molecule has 6 heteroatoms. The standard InChI is InChI=1S/C21H18ClN3O2/c22-18-5-6-19-17(11-18)12-20(27-19)21(26)25-9-7-24(8-10-25)14-16-3-1-15(13-23)2-4-16/h1-6,11-12H,7-10,14H2. The second-order valence-electron chi connectivity index (χ2n) is 6.67. The van der Waals surface area contributed by atoms with Gasteiger partial charge in [0.1, 0.15) is 5.58 Å². The Hall–Kier alpha value is -2.81. The minimum absolute atomic E-state index is 0.0830. The van der Waals surface area contributed by atoms with E-state index in [9.17, 15) is 4.79 Å². The molecule has 3 aromatic rings. The van der Waals surface area contributed by atoms with Gasteiger partial charge < -0.3 is 9.32 Å². The molecule has 1 aliphatic heterocycles. The zero-order valence-corrected chi connectivity index (χ0v) is 15.4. The van der Waals surface area contributed by atoms with E-state index >= 15 is 0 Å². The molecule has 0 aliphatic carbocycles. The summed E-state index contributed by atoms with van der Waals surface area (Å²) >= 11 is 6.00. The fraction of sp³-hybridized carbons (Fsp3) is 0.238. The molecule has 27 heavy (non-hydrogen) atoms. The van der Waals surface area contributed by atoms with E-state index in [1.165, 1.54) is 5.56 Å². The predicted octanol–water partition coefficient (Wildman–Crippen LogP) is 3.92. The van der Waals surface area contributed by atoms with Crippen molar-refractivity contribution < 1.29 is 9.21 Å². The van der Waals surface area contributed by atoms with Gasteiger partial charge in [-0.15, -0.1) is 0 Å². The molecule has 4 rings (SSSR count). The van der Waals surface area contributed by atoms with Gasteiger partial charge in [-0.25, -0.2) is 0 Å². The van der Waals surface area contributed by atoms with Crippen molar-refractivity contribution in [3.63, 3.8) is 0 Å². The molecule has 5 nitrogen and oxygen atoms in total. The van der Waals surface area contributed by atoms with E-state index in [2.05, 4.69) is 11.0 Å². The summed E-state index contributed by atoms with van der Waals surface area (Å²) in [6.07, 6.45) is 0. The van der Waals surface area contributed by atoms with Crippen LogP contribution in [0.25, 0.3) is 11.0 Å². The van der Waals surface area contributed by atoms with Crippen LogP contribution in [0.4, 0.5) is 0 Å². The summed E-state index contributed by atoms with van der Waals surface area (Å²) in [6.45, 7) is 3.74. The second-order valence-corrected chi connectivity index (χ2v) is 7.11. The molecule has 1 saturated heterocycles. The lowest BCUT2D eigenvalue weighted by Crippen LogP contribution is -2.48. The Balaban J connectivity index is 1.37. The quantitative estimate of drug-likeness (QED) is 0.692. The van der Waals surface area contributed by atoms with Gasteiger partial charge in [0.15, 0.2) is 5.76 Å². The third-order valence-electron chi connectivity index (χ3n) is 4.84. The Kier molecular flexibility index (Phi) is 4.85. The van der Waals surface area contributed by atoms with Gasteiger partial charge in [0, 0.05) is 43.1 Å². The van der Waals surface area contributed by atoms with Crippen LogP contribution in [-0.2, 0) is 6.54 Å². The van der Waals surface area contributed by atoms with Crippen molar-refractivity contribution in [2.24, 2.45) is 0 Å². The van der Waals surface area contributed by atoms with Crippen molar-refractivity contribution in [1.82, 2.24) is 9.80 Å². The van der Waals surface area contributed by atoms with Crippen LogP contribution in [0, 0.1) is 11.3 Å². The van der Waals surface area contributed by atoms with Crippen LogP contribution in [0.3, 0.4) is 0 Å². The van der Waals surface area contributed by atoms with E-state index in [-0.39, 0.29) is 5.91 Å². The van der Waals surface area contributed by atoms with Crippen LogP contribution in [0.2, 0.25) is 5.02 Å². The minimum Gasteiger partial charge on any atom is -0.451 e. The maximum atomic E-state index is 12.7. The molecule has 1 fully saturated rings. The number of furan rings is 1. The van der Waals surface area contributed by atoms with E-state index in [0.29, 0.717) is 35.0 Å². The molecule has 1 amide bonds. The number of halogens is 1. The van der Waals surface area contributed by atoms with Crippen LogP contribution in [0.15, 0.2) is 52.9 Å². The first-order chi connectivity index (χ1) is 13.1. The summed E-state index contributed by atoms with van der Waals surface area (Å²) in [4.78, 5) is 16.9. The summed E-state index contributed by atoms with van der Waals surface area (Å²) in [5, 5.41) is 10.3. The van der Waals surface area contributed by atoms with Gasteiger partial charge in [-0.3, -0.25) is 9.69 Å². The molecule has 0 N–H and O–H groups in total. The van der Waals surface area contributed by atoms with E-state index in [1.54, 1.807) is 24.3 Å². The van der Waals surface area contributed by atoms with E-state index < -0.39 is 0 Å². The molecule has 0 saturated carbocycles. The number of nitrogens with zero attached hydrogens (tertiary/aromatic N) is 3. The number of carbonyl (C=O) groups is 1. The summed E-state index contributed by atoms with van der Waals surface area (Å²) in [6, 6.07) is 16.9. The fourth-order valence-corrected chi connectivity index (χ4v) is 3.51. The first-order valence-electron chi connectivity index (χ1n) is 8.82. The number of fused-ring (bicyclic) bond motifs is 1. The number of hydrogen-bond donors (Lipinski definition) is 0. The normalized spacial score (nSPS) is 15.0. The van der Waals surface area contributed by atoms with Gasteiger partial charge in [-0.1, -0.05) is 23.7 Å². The lowest BCUT2D eigenvalue weighted by Gasteiger charge is -2.34. The zero-order chi connectivity index (χ0) is 18.8. The topological polar surface area (TPSA) is 60.5 Å². The van der Waals surface area contributed by atoms with Crippen LogP contribution in [0.5, 0.6) is 0 Å². The Morgan fingerprint density at radius 2 is 1.81 bits per heavy atom. The van der Waals surface area contributed by atoms with Gasteiger partial charge >= 0.3 is 0 Å². The number of benzene rings is 2. The SMILES string of the molecule is N#Cc1ccc(CN2CCN(C(=O)c3cc4cc(Cl)ccc4o3)CC2)cc1. The third-order valence-corrected chi connectivity index (χ3v) is 5.07. The van der Waals surface area contributed by atoms with Crippen molar-refractivity contribution in [3.05, 3.63) is 70.4 Å². The van der Waals surface area contributed by atoms with Gasteiger partial charge in [-0.2, -0.15) is 5.26 Å². The first-order valence-corrected chi connectivity index (χ1v) is 9.20. The molecule has 136 valence electrons. The highest BCUT2D eigenvalue weighted by Crippen LogP contribution is 2.24. The first kappa shape index (κ1) is 17.6. The van der Waals surface area contributed by atoms with Crippen LogP contribution in [-0.4, -0.2) is 41.9 Å². The highest BCUT2D eigenvalue weighted by atomic mass is 35.5. The van der Waals surface area contributed by atoms with Crippen LogP contribution in [0.1, 0.15) is 21.7 Å². The summed E-state index contributed by atoms with van der Waals surface area (Å²) in [5.41, 5.74) is 2.51. The summed E-state index contributed by atoms with van der Waals surface area (Å²) in [7, 11) is 0. The molecule has 0 unspecified atom stereocenters. The number of amides is 1. The number of rotatable bonds is 3. The van der Waals surface area contributed by atoms with Crippen LogP contribution >= 0.6 is 11.6 Å². The lowest BCUT2D eigenvalue weighted by molar-refractivity contribution is 0.0600. The number of hydrogen-bond acceptors (Lipinski definition) is 4. The molecule has 0 spiro atoms. The number of carbonyl (C=O) groups excluding carboxylic acids is 1. The molecule has 0 bridgehead atoms. The molecule has 1 aliphatic rings. The second kappa shape index (κ2) is 7.43. The highest BCUT2D eigenvalue weighted by Gasteiger charge is 2.24. The molecule has 0 radical (unpaired) electrons. The number of piperazine rings is 1. The summed E-state index contributed by atoms with van der Waals surface area (Å²) < 4.78 is 5.69. The Morgan fingerprint density at radius 3 is 2.52 bits per heavy atom. The Morgan fingerprint density at radius 1 is 1.07 bits per heavy atom. The maximum absolute atomic E-state index is 12.7. The molecular formula is C21H18ClN3O2.